The van der Waals surface area contributed by atoms with Crippen LogP contribution >= 0.6 is 0 Å². The molecule has 2 aromatic heterocycles. The molecule has 3 rings (SSSR count). The molecule has 0 aliphatic heterocycles. The molecule has 0 aliphatic rings. The Morgan fingerprint density at radius 2 is 2.17 bits per heavy atom. The smallest absolute Gasteiger partial charge is 0.213 e. The molecular weight excluding hydrogens is 230 g/mol. The van der Waals surface area contributed by atoms with Crippen molar-refractivity contribution in [1.29, 1.82) is 0 Å². The average Bonchev–Trinajstić information content (AvgIpc) is 2.92. The van der Waals surface area contributed by atoms with Crippen molar-refractivity contribution < 1.29 is 4.52 Å². The van der Waals surface area contributed by atoms with Gasteiger partial charge < -0.3 is 9.84 Å². The van der Waals surface area contributed by atoms with Crippen molar-refractivity contribution in [2.45, 2.75) is 6.42 Å². The predicted octanol–water partition coefficient (Wildman–Crippen LogP) is 1.67. The lowest BCUT2D eigenvalue weighted by atomic mass is 10.2. The van der Waals surface area contributed by atoms with Gasteiger partial charge in [0, 0.05) is 23.7 Å². The number of hydrogen-bond acceptors (Lipinski definition) is 6. The van der Waals surface area contributed by atoms with Crippen LogP contribution in [0.15, 0.2) is 41.4 Å². The van der Waals surface area contributed by atoms with Crippen LogP contribution in [0.5, 0.6) is 0 Å². The maximum Gasteiger partial charge on any atom is 0.213 e. The molecule has 0 fully saturated rings. The number of fused-ring (bicyclic) bond motifs is 1. The van der Waals surface area contributed by atoms with Gasteiger partial charge in [-0.05, 0) is 0 Å². The van der Waals surface area contributed by atoms with Gasteiger partial charge in [0.2, 0.25) is 6.39 Å². The van der Waals surface area contributed by atoms with E-state index in [1.165, 1.54) is 6.39 Å². The predicted molar refractivity (Wildman–Crippen MR) is 66.0 cm³/mol. The van der Waals surface area contributed by atoms with Crippen molar-refractivity contribution in [1.82, 2.24) is 20.3 Å². The van der Waals surface area contributed by atoms with Gasteiger partial charge >= 0.3 is 0 Å². The molecule has 6 nitrogen and oxygen atoms in total. The highest BCUT2D eigenvalue weighted by molar-refractivity contribution is 5.90. The lowest BCUT2D eigenvalue weighted by Crippen LogP contribution is -2.08. The normalized spacial score (nSPS) is 10.7. The molecule has 0 amide bonds. The molecule has 3 aromatic rings. The fourth-order valence-electron chi connectivity index (χ4n) is 1.75. The summed E-state index contributed by atoms with van der Waals surface area (Å²) in [5.74, 6) is 1.45. The molecule has 0 atom stereocenters. The summed E-state index contributed by atoms with van der Waals surface area (Å²) in [6.45, 7) is 0.683. The summed E-state index contributed by atoms with van der Waals surface area (Å²) in [7, 11) is 0. The highest BCUT2D eigenvalue weighted by atomic mass is 16.5. The van der Waals surface area contributed by atoms with Gasteiger partial charge in [-0.2, -0.15) is 10.1 Å². The van der Waals surface area contributed by atoms with E-state index in [0.717, 1.165) is 16.6 Å². The third-order valence-corrected chi connectivity index (χ3v) is 2.62. The molecule has 0 saturated heterocycles. The van der Waals surface area contributed by atoms with Crippen LogP contribution in [0, 0.1) is 0 Å². The fraction of sp³-hybridized carbons (Fsp3) is 0.167. The zero-order valence-electron chi connectivity index (χ0n) is 9.58. The minimum absolute atomic E-state index is 0.677. The van der Waals surface area contributed by atoms with Gasteiger partial charge in [-0.15, -0.1) is 5.10 Å². The van der Waals surface area contributed by atoms with Crippen LogP contribution in [-0.4, -0.2) is 26.9 Å². The van der Waals surface area contributed by atoms with Crippen molar-refractivity contribution in [3.63, 3.8) is 0 Å². The summed E-state index contributed by atoms with van der Waals surface area (Å²) in [5, 5.41) is 17.2. The molecule has 2 heterocycles. The number of rotatable bonds is 4. The van der Waals surface area contributed by atoms with Gasteiger partial charge in [0.15, 0.2) is 11.6 Å². The molecule has 0 saturated carbocycles. The Morgan fingerprint density at radius 1 is 1.22 bits per heavy atom. The zero-order valence-corrected chi connectivity index (χ0v) is 9.58. The van der Waals surface area contributed by atoms with Crippen molar-refractivity contribution >= 4 is 16.6 Å². The lowest BCUT2D eigenvalue weighted by molar-refractivity contribution is 0.410. The second-order valence-corrected chi connectivity index (χ2v) is 3.80. The van der Waals surface area contributed by atoms with Crippen LogP contribution in [0.25, 0.3) is 10.8 Å². The van der Waals surface area contributed by atoms with E-state index < -0.39 is 0 Å². The van der Waals surface area contributed by atoms with Crippen molar-refractivity contribution in [2.24, 2.45) is 0 Å². The number of hydrogen-bond donors (Lipinski definition) is 1. The van der Waals surface area contributed by atoms with Gasteiger partial charge in [-0.1, -0.05) is 29.4 Å². The number of aromatic nitrogens is 4. The summed E-state index contributed by atoms with van der Waals surface area (Å²) >= 11 is 0. The van der Waals surface area contributed by atoms with Gasteiger partial charge in [0.1, 0.15) is 0 Å². The van der Waals surface area contributed by atoms with Crippen LogP contribution in [0.2, 0.25) is 0 Å². The Bertz CT molecular complexity index is 633. The highest BCUT2D eigenvalue weighted by Gasteiger charge is 2.03. The molecule has 1 aromatic carbocycles. The summed E-state index contributed by atoms with van der Waals surface area (Å²) < 4.78 is 4.67. The number of benzene rings is 1. The average molecular weight is 241 g/mol. The molecular formula is C12H11N5O. The van der Waals surface area contributed by atoms with Gasteiger partial charge in [0.05, 0.1) is 6.20 Å². The van der Waals surface area contributed by atoms with Crippen molar-refractivity contribution in [3.8, 4) is 0 Å². The summed E-state index contributed by atoms with van der Waals surface area (Å²) in [6.07, 6.45) is 3.76. The minimum atomic E-state index is 0.677. The quantitative estimate of drug-likeness (QED) is 0.748. The molecule has 18 heavy (non-hydrogen) atoms. The minimum Gasteiger partial charge on any atom is -0.368 e. The molecule has 6 heteroatoms. The number of nitrogens with zero attached hydrogens (tertiary/aromatic N) is 4. The Hall–Kier alpha value is -2.50. The van der Waals surface area contributed by atoms with Crippen LogP contribution in [-0.2, 0) is 6.42 Å². The van der Waals surface area contributed by atoms with Gasteiger partial charge in [0.25, 0.3) is 0 Å². The Kier molecular flexibility index (Phi) is 2.83. The third-order valence-electron chi connectivity index (χ3n) is 2.62. The molecule has 90 valence electrons. The van der Waals surface area contributed by atoms with E-state index >= 15 is 0 Å². The first-order valence-electron chi connectivity index (χ1n) is 5.63. The Morgan fingerprint density at radius 3 is 3.06 bits per heavy atom. The first kappa shape index (κ1) is 10.6. The second kappa shape index (κ2) is 4.79. The van der Waals surface area contributed by atoms with E-state index in [0.29, 0.717) is 18.8 Å². The van der Waals surface area contributed by atoms with Crippen LogP contribution in [0.4, 0.5) is 5.82 Å². The molecule has 1 N–H and O–H groups in total. The van der Waals surface area contributed by atoms with E-state index in [1.54, 1.807) is 6.20 Å². The first-order chi connectivity index (χ1) is 8.93. The lowest BCUT2D eigenvalue weighted by Gasteiger charge is -2.06. The molecule has 0 radical (unpaired) electrons. The largest absolute Gasteiger partial charge is 0.368 e. The van der Waals surface area contributed by atoms with Crippen LogP contribution in [0.1, 0.15) is 5.82 Å². The third kappa shape index (κ3) is 2.13. The number of nitrogens with one attached hydrogen (secondary N) is 1. The van der Waals surface area contributed by atoms with E-state index in [9.17, 15) is 0 Å². The summed E-state index contributed by atoms with van der Waals surface area (Å²) in [6, 6.07) is 7.98. The SMILES string of the molecule is c1ccc2c(NCCc3ncon3)nncc2c1. The maximum atomic E-state index is 4.67. The summed E-state index contributed by atoms with van der Waals surface area (Å²) in [4.78, 5) is 3.96. The fourth-order valence-corrected chi connectivity index (χ4v) is 1.75. The Labute approximate surface area is 103 Å². The van der Waals surface area contributed by atoms with Gasteiger partial charge in [-0.25, -0.2) is 0 Å². The topological polar surface area (TPSA) is 76.7 Å². The van der Waals surface area contributed by atoms with E-state index in [-0.39, 0.29) is 0 Å². The van der Waals surface area contributed by atoms with Crippen molar-refractivity contribution in [2.75, 3.05) is 11.9 Å². The molecule has 0 bridgehead atoms. The van der Waals surface area contributed by atoms with E-state index in [4.69, 9.17) is 0 Å². The van der Waals surface area contributed by atoms with Crippen molar-refractivity contribution in [3.05, 3.63) is 42.7 Å². The highest BCUT2D eigenvalue weighted by Crippen LogP contribution is 2.18. The van der Waals surface area contributed by atoms with Gasteiger partial charge in [-0.3, -0.25) is 0 Å². The number of anilines is 1. The molecule has 0 unspecified atom stereocenters. The maximum absolute atomic E-state index is 4.67. The first-order valence-corrected chi connectivity index (χ1v) is 5.63. The van der Waals surface area contributed by atoms with E-state index in [2.05, 4.69) is 30.2 Å². The molecule has 0 aliphatic carbocycles. The zero-order chi connectivity index (χ0) is 12.2. The van der Waals surface area contributed by atoms with Crippen LogP contribution < -0.4 is 5.32 Å². The second-order valence-electron chi connectivity index (χ2n) is 3.80. The standard InChI is InChI=1S/C12H11N5O/c1-2-4-10-9(3-1)7-15-16-12(10)13-6-5-11-14-8-18-17-11/h1-4,7-8H,5-6H2,(H,13,16). The van der Waals surface area contributed by atoms with E-state index in [1.807, 2.05) is 24.3 Å². The molecule has 0 spiro atoms. The van der Waals surface area contributed by atoms with Crippen LogP contribution in [0.3, 0.4) is 0 Å². The Balaban J connectivity index is 1.74. The summed E-state index contributed by atoms with van der Waals surface area (Å²) in [5.41, 5.74) is 0. The monoisotopic (exact) mass is 241 g/mol.